The minimum Gasteiger partial charge on any atom is -0.410 e. The Kier molecular flexibility index (Phi) is 7.47. The van der Waals surface area contributed by atoms with E-state index in [0.717, 1.165) is 45.7 Å². The van der Waals surface area contributed by atoms with Gasteiger partial charge in [-0.2, -0.15) is 0 Å². The number of amides is 2. The predicted octanol–water partition coefficient (Wildman–Crippen LogP) is 8.78. The van der Waals surface area contributed by atoms with Gasteiger partial charge in [-0.3, -0.25) is 9.69 Å². The molecule has 0 saturated heterocycles. The molecule has 0 radical (unpaired) electrons. The summed E-state index contributed by atoms with van der Waals surface area (Å²) in [7, 11) is 0. The van der Waals surface area contributed by atoms with Gasteiger partial charge in [-0.1, -0.05) is 49.2 Å². The summed E-state index contributed by atoms with van der Waals surface area (Å²) in [5.41, 5.74) is 4.88. The number of aromatic nitrogens is 1. The molecule has 6 nitrogen and oxygen atoms in total. The van der Waals surface area contributed by atoms with Gasteiger partial charge in [-0.05, 0) is 103 Å². The van der Waals surface area contributed by atoms with Gasteiger partial charge in [0.25, 0.3) is 0 Å². The van der Waals surface area contributed by atoms with Gasteiger partial charge in [0, 0.05) is 45.3 Å². The molecule has 2 amide bonds. The monoisotopic (exact) mass is 589 g/mol. The van der Waals surface area contributed by atoms with Gasteiger partial charge in [-0.25, -0.2) is 4.79 Å². The predicted molar refractivity (Wildman–Crippen MR) is 164 cm³/mol. The maximum Gasteiger partial charge on any atom is 0.416 e. The number of ether oxygens (including phenoxy) is 1. The maximum atomic E-state index is 13.5. The average Bonchev–Trinajstić information content (AvgIpc) is 3.76. The number of carbonyl (C=O) groups is 2. The van der Waals surface area contributed by atoms with Crippen LogP contribution in [-0.4, -0.2) is 28.4 Å². The molecule has 0 bridgehead atoms. The molecule has 1 unspecified atom stereocenters. The first-order chi connectivity index (χ1) is 19.7. The normalized spacial score (nSPS) is 16.9. The Morgan fingerprint density at radius 3 is 2.41 bits per heavy atom. The van der Waals surface area contributed by atoms with Crippen LogP contribution in [0.4, 0.5) is 10.5 Å². The van der Waals surface area contributed by atoms with Crippen LogP contribution in [0.15, 0.2) is 66.7 Å². The molecule has 1 saturated carbocycles. The zero-order valence-corrected chi connectivity index (χ0v) is 24.7. The number of fused-ring (bicyclic) bond motifs is 3. The summed E-state index contributed by atoms with van der Waals surface area (Å²) >= 11 is 12.3. The van der Waals surface area contributed by atoms with Crippen LogP contribution in [0.3, 0.4) is 0 Å². The van der Waals surface area contributed by atoms with E-state index < -0.39 is 12.1 Å². The van der Waals surface area contributed by atoms with Crippen molar-refractivity contribution in [2.24, 2.45) is 11.3 Å². The Morgan fingerprint density at radius 1 is 1.00 bits per heavy atom. The standard InChI is InChI=1S/C33H33Cl2N3O3/c1-33(2,21-5-6-21)17-15-29(39)36-24-10-3-20(4-11-24)31-30-26(27-19-23(35)9-14-28(27)37-30)16-18-38(31)32(40)41-25-12-7-22(34)8-13-25/h3-4,7-14,19,21,31,37H,5-6,15-18H2,1-2H3,(H,36,39). The van der Waals surface area contributed by atoms with Crippen LogP contribution < -0.4 is 10.1 Å². The lowest BCUT2D eigenvalue weighted by Gasteiger charge is -2.35. The zero-order chi connectivity index (χ0) is 28.7. The van der Waals surface area contributed by atoms with E-state index in [1.807, 2.05) is 42.5 Å². The Balaban J connectivity index is 1.26. The lowest BCUT2D eigenvalue weighted by Crippen LogP contribution is -2.42. The third kappa shape index (κ3) is 5.95. The van der Waals surface area contributed by atoms with E-state index >= 15 is 0 Å². The highest BCUT2D eigenvalue weighted by Gasteiger charge is 2.38. The molecule has 2 N–H and O–H groups in total. The Hall–Kier alpha value is -3.48. The van der Waals surface area contributed by atoms with E-state index in [9.17, 15) is 9.59 Å². The highest BCUT2D eigenvalue weighted by molar-refractivity contribution is 6.31. The fraction of sp³-hybridized carbons (Fsp3) is 0.333. The molecular formula is C33H33Cl2N3O3. The van der Waals surface area contributed by atoms with E-state index in [0.29, 0.717) is 35.2 Å². The van der Waals surface area contributed by atoms with Gasteiger partial charge in [-0.15, -0.1) is 0 Å². The number of rotatable bonds is 7. The third-order valence-electron chi connectivity index (χ3n) is 8.53. The van der Waals surface area contributed by atoms with Crippen molar-refractivity contribution in [3.8, 4) is 5.75 Å². The highest BCUT2D eigenvalue weighted by Crippen LogP contribution is 2.47. The average molecular weight is 591 g/mol. The zero-order valence-electron chi connectivity index (χ0n) is 23.2. The van der Waals surface area contributed by atoms with Gasteiger partial charge in [0.2, 0.25) is 5.91 Å². The first-order valence-electron chi connectivity index (χ1n) is 14.1. The minimum absolute atomic E-state index is 0.0205. The van der Waals surface area contributed by atoms with Gasteiger partial charge in [0.1, 0.15) is 11.8 Å². The summed E-state index contributed by atoms with van der Waals surface area (Å²) < 4.78 is 5.76. The molecule has 8 heteroatoms. The number of benzene rings is 3. The summed E-state index contributed by atoms with van der Waals surface area (Å²) in [6.45, 7) is 4.98. The SMILES string of the molecule is CC(C)(CCC(=O)Nc1ccc(C2c3[nH]c4ccc(Cl)cc4c3CCN2C(=O)Oc2ccc(Cl)cc2)cc1)C1CC1. The number of aromatic amines is 1. The van der Waals surface area contributed by atoms with Crippen molar-refractivity contribution in [2.45, 2.75) is 52.0 Å². The Labute approximate surface area is 250 Å². The molecule has 2 heterocycles. The summed E-state index contributed by atoms with van der Waals surface area (Å²) in [5, 5.41) is 5.34. The molecule has 41 heavy (non-hydrogen) atoms. The summed E-state index contributed by atoms with van der Waals surface area (Å²) in [5.74, 6) is 1.19. The second kappa shape index (κ2) is 11.1. The summed E-state index contributed by atoms with van der Waals surface area (Å²) in [6.07, 6.45) is 4.13. The molecule has 4 aromatic rings. The van der Waals surface area contributed by atoms with Crippen LogP contribution >= 0.6 is 23.2 Å². The third-order valence-corrected chi connectivity index (χ3v) is 9.02. The number of nitrogens with one attached hydrogen (secondary N) is 2. The van der Waals surface area contributed by atoms with Crippen LogP contribution in [0.1, 0.15) is 62.4 Å². The number of anilines is 1. The molecular weight excluding hydrogens is 557 g/mol. The van der Waals surface area contributed by atoms with Gasteiger partial charge in [0.05, 0.1) is 0 Å². The first-order valence-corrected chi connectivity index (χ1v) is 14.9. The molecule has 212 valence electrons. The first kappa shape index (κ1) is 27.7. The van der Waals surface area contributed by atoms with Crippen molar-refractivity contribution in [2.75, 3.05) is 11.9 Å². The van der Waals surface area contributed by atoms with Crippen LogP contribution in [0.2, 0.25) is 10.0 Å². The molecule has 1 aliphatic carbocycles. The van der Waals surface area contributed by atoms with Crippen LogP contribution in [0.5, 0.6) is 5.75 Å². The fourth-order valence-corrected chi connectivity index (χ4v) is 6.24. The van der Waals surface area contributed by atoms with E-state index in [2.05, 4.69) is 24.1 Å². The van der Waals surface area contributed by atoms with Crippen molar-refractivity contribution in [3.05, 3.63) is 93.6 Å². The highest BCUT2D eigenvalue weighted by atomic mass is 35.5. The smallest absolute Gasteiger partial charge is 0.410 e. The topological polar surface area (TPSA) is 74.4 Å². The van der Waals surface area contributed by atoms with E-state index in [4.69, 9.17) is 27.9 Å². The quantitative estimate of drug-likeness (QED) is 0.226. The van der Waals surface area contributed by atoms with Gasteiger partial charge >= 0.3 is 6.09 Å². The minimum atomic E-state index is -0.449. The maximum absolute atomic E-state index is 13.5. The number of hydrogen-bond acceptors (Lipinski definition) is 3. The molecule has 6 rings (SSSR count). The second-order valence-electron chi connectivity index (χ2n) is 11.8. The van der Waals surface area contributed by atoms with Crippen molar-refractivity contribution < 1.29 is 14.3 Å². The molecule has 3 aromatic carbocycles. The fourth-order valence-electron chi connectivity index (χ4n) is 5.94. The molecule has 1 aromatic heterocycles. The lowest BCUT2D eigenvalue weighted by molar-refractivity contribution is -0.116. The Morgan fingerprint density at radius 2 is 1.71 bits per heavy atom. The number of H-pyrrole nitrogens is 1. The molecule has 2 aliphatic rings. The Bertz CT molecular complexity index is 1590. The number of carbonyl (C=O) groups excluding carboxylic acids is 2. The summed E-state index contributed by atoms with van der Waals surface area (Å²) in [4.78, 5) is 31.5. The number of halogens is 2. The molecule has 1 aliphatic heterocycles. The summed E-state index contributed by atoms with van der Waals surface area (Å²) in [6, 6.07) is 19.8. The van der Waals surface area contributed by atoms with Crippen LogP contribution in [0, 0.1) is 11.3 Å². The van der Waals surface area contributed by atoms with Crippen LogP contribution in [-0.2, 0) is 11.2 Å². The molecule has 0 spiro atoms. The molecule has 1 fully saturated rings. The van der Waals surface area contributed by atoms with E-state index in [1.54, 1.807) is 29.2 Å². The van der Waals surface area contributed by atoms with Crippen molar-refractivity contribution in [1.29, 1.82) is 0 Å². The largest absolute Gasteiger partial charge is 0.416 e. The number of hydrogen-bond donors (Lipinski definition) is 2. The lowest BCUT2D eigenvalue weighted by atomic mass is 9.82. The molecule has 1 atom stereocenters. The van der Waals surface area contributed by atoms with E-state index in [-0.39, 0.29) is 11.3 Å². The number of nitrogens with zero attached hydrogens (tertiary/aromatic N) is 1. The van der Waals surface area contributed by atoms with Gasteiger partial charge in [0.15, 0.2) is 0 Å². The van der Waals surface area contributed by atoms with Crippen molar-refractivity contribution in [3.63, 3.8) is 0 Å². The van der Waals surface area contributed by atoms with E-state index in [1.165, 1.54) is 12.8 Å². The van der Waals surface area contributed by atoms with Crippen LogP contribution in [0.25, 0.3) is 10.9 Å². The van der Waals surface area contributed by atoms with Gasteiger partial charge < -0.3 is 15.0 Å². The second-order valence-corrected chi connectivity index (χ2v) is 12.7. The van der Waals surface area contributed by atoms with Crippen molar-refractivity contribution >= 4 is 51.8 Å². The van der Waals surface area contributed by atoms with Crippen molar-refractivity contribution in [1.82, 2.24) is 9.88 Å².